The van der Waals surface area contributed by atoms with Crippen molar-refractivity contribution >= 4 is 17.6 Å². The number of hydrogen-bond donors (Lipinski definition) is 1. The quantitative estimate of drug-likeness (QED) is 0.632. The van der Waals surface area contributed by atoms with Crippen LogP contribution in [-0.4, -0.2) is 40.4 Å². The molecule has 0 aliphatic carbocycles. The number of carbonyl (C=O) groups excluding carboxylic acids is 1. The number of ether oxygens (including phenoxy) is 3. The largest absolute Gasteiger partial charge is 0.493 e. The zero-order valence-corrected chi connectivity index (χ0v) is 11.3. The molecule has 1 N–H and O–H groups in total. The van der Waals surface area contributed by atoms with Crippen molar-refractivity contribution in [2.24, 2.45) is 0 Å². The number of benzene rings is 1. The van der Waals surface area contributed by atoms with Crippen molar-refractivity contribution in [3.05, 3.63) is 22.7 Å². The Kier molecular flexibility index (Phi) is 5.74. The Balaban J connectivity index is 3.00. The van der Waals surface area contributed by atoms with Gasteiger partial charge in [-0.2, -0.15) is 0 Å². The molecule has 0 aliphatic rings. The monoisotopic (exact) mass is 273 g/mol. The number of likely N-dealkylation sites (N-methyl/N-ethyl adjacent to an activating group) is 1. The second-order valence-corrected chi connectivity index (χ2v) is 3.84. The van der Waals surface area contributed by atoms with E-state index < -0.39 is 5.97 Å². The molecule has 0 atom stereocenters. The summed E-state index contributed by atoms with van der Waals surface area (Å²) in [6.45, 7) is 1.13. The van der Waals surface area contributed by atoms with Crippen LogP contribution in [0.15, 0.2) is 12.1 Å². The van der Waals surface area contributed by atoms with Gasteiger partial charge in [0.05, 0.1) is 24.8 Å². The molecule has 0 saturated heterocycles. The minimum atomic E-state index is -0.475. The molecule has 0 radical (unpaired) electrons. The summed E-state index contributed by atoms with van der Waals surface area (Å²) in [6, 6.07) is 3.02. The number of rotatable bonds is 6. The van der Waals surface area contributed by atoms with Gasteiger partial charge in [-0.25, -0.2) is 4.79 Å². The van der Waals surface area contributed by atoms with E-state index in [0.717, 1.165) is 0 Å². The van der Waals surface area contributed by atoms with Crippen molar-refractivity contribution in [2.75, 3.05) is 34.4 Å². The first-order chi connectivity index (χ1) is 8.63. The predicted molar refractivity (Wildman–Crippen MR) is 68.8 cm³/mol. The lowest BCUT2D eigenvalue weighted by Gasteiger charge is -2.13. The van der Waals surface area contributed by atoms with E-state index in [9.17, 15) is 4.79 Å². The van der Waals surface area contributed by atoms with Gasteiger partial charge in [0.25, 0.3) is 0 Å². The van der Waals surface area contributed by atoms with Gasteiger partial charge in [0.15, 0.2) is 11.5 Å². The first-order valence-electron chi connectivity index (χ1n) is 5.37. The van der Waals surface area contributed by atoms with Gasteiger partial charge < -0.3 is 19.5 Å². The van der Waals surface area contributed by atoms with Crippen molar-refractivity contribution in [1.29, 1.82) is 0 Å². The standard InChI is InChI=1S/C12H16ClNO4/c1-14-4-5-18-11-9(13)6-8(12(15)17-3)7-10(11)16-2/h6-7,14H,4-5H2,1-3H3. The molecule has 0 aliphatic heterocycles. The molecule has 0 bridgehead atoms. The maximum atomic E-state index is 11.4. The Bertz CT molecular complexity index is 423. The molecule has 0 saturated carbocycles. The van der Waals surface area contributed by atoms with E-state index in [2.05, 4.69) is 10.1 Å². The number of halogens is 1. The van der Waals surface area contributed by atoms with E-state index in [1.807, 2.05) is 7.05 Å². The lowest BCUT2D eigenvalue weighted by Crippen LogP contribution is -2.16. The first-order valence-corrected chi connectivity index (χ1v) is 5.75. The molecule has 18 heavy (non-hydrogen) atoms. The molecule has 0 aromatic heterocycles. The van der Waals surface area contributed by atoms with E-state index >= 15 is 0 Å². The SMILES string of the molecule is CNCCOc1c(Cl)cc(C(=O)OC)cc1OC. The highest BCUT2D eigenvalue weighted by Crippen LogP contribution is 2.36. The molecule has 1 aromatic rings. The smallest absolute Gasteiger partial charge is 0.338 e. The van der Waals surface area contributed by atoms with E-state index in [1.54, 1.807) is 0 Å². The van der Waals surface area contributed by atoms with E-state index in [-0.39, 0.29) is 0 Å². The minimum Gasteiger partial charge on any atom is -0.493 e. The second-order valence-electron chi connectivity index (χ2n) is 3.43. The Morgan fingerprint density at radius 3 is 2.67 bits per heavy atom. The topological polar surface area (TPSA) is 56.8 Å². The summed E-state index contributed by atoms with van der Waals surface area (Å²) in [5.41, 5.74) is 0.320. The van der Waals surface area contributed by atoms with Crippen LogP contribution in [0.25, 0.3) is 0 Å². The normalized spacial score (nSPS) is 10.0. The number of esters is 1. The first kappa shape index (κ1) is 14.6. The zero-order chi connectivity index (χ0) is 13.5. The molecular weight excluding hydrogens is 258 g/mol. The van der Waals surface area contributed by atoms with Crippen LogP contribution in [0.5, 0.6) is 11.5 Å². The fraction of sp³-hybridized carbons (Fsp3) is 0.417. The highest BCUT2D eigenvalue weighted by atomic mass is 35.5. The van der Waals surface area contributed by atoms with Crippen LogP contribution >= 0.6 is 11.6 Å². The molecular formula is C12H16ClNO4. The predicted octanol–water partition coefficient (Wildman–Crippen LogP) is 1.73. The van der Waals surface area contributed by atoms with Crippen molar-refractivity contribution in [3.63, 3.8) is 0 Å². The lowest BCUT2D eigenvalue weighted by atomic mass is 10.2. The summed E-state index contributed by atoms with van der Waals surface area (Å²) in [5, 5.41) is 3.26. The van der Waals surface area contributed by atoms with Crippen LogP contribution in [0.3, 0.4) is 0 Å². The van der Waals surface area contributed by atoms with Gasteiger partial charge in [-0.15, -0.1) is 0 Å². The third-order valence-electron chi connectivity index (χ3n) is 2.25. The van der Waals surface area contributed by atoms with Crippen LogP contribution in [-0.2, 0) is 4.74 Å². The summed E-state index contributed by atoms with van der Waals surface area (Å²) in [5.74, 6) is 0.345. The van der Waals surface area contributed by atoms with Crippen LogP contribution < -0.4 is 14.8 Å². The Labute approximate surface area is 111 Å². The number of carbonyl (C=O) groups is 1. The lowest BCUT2D eigenvalue weighted by molar-refractivity contribution is 0.0600. The fourth-order valence-corrected chi connectivity index (χ4v) is 1.62. The molecule has 100 valence electrons. The van der Waals surface area contributed by atoms with Gasteiger partial charge >= 0.3 is 5.97 Å². The molecule has 5 nitrogen and oxygen atoms in total. The van der Waals surface area contributed by atoms with Gasteiger partial charge in [0.2, 0.25) is 0 Å². The number of hydrogen-bond acceptors (Lipinski definition) is 5. The molecule has 1 rings (SSSR count). The van der Waals surface area contributed by atoms with Gasteiger partial charge in [-0.05, 0) is 19.2 Å². The van der Waals surface area contributed by atoms with Crippen LogP contribution in [0.4, 0.5) is 0 Å². The molecule has 6 heteroatoms. The van der Waals surface area contributed by atoms with Crippen molar-refractivity contribution in [1.82, 2.24) is 5.32 Å². The van der Waals surface area contributed by atoms with Crippen molar-refractivity contribution in [3.8, 4) is 11.5 Å². The summed E-state index contributed by atoms with van der Waals surface area (Å²) >= 11 is 6.06. The maximum Gasteiger partial charge on any atom is 0.338 e. The number of methoxy groups -OCH3 is 2. The van der Waals surface area contributed by atoms with Crippen molar-refractivity contribution < 1.29 is 19.0 Å². The van der Waals surface area contributed by atoms with Crippen LogP contribution in [0, 0.1) is 0 Å². The van der Waals surface area contributed by atoms with Crippen molar-refractivity contribution in [2.45, 2.75) is 0 Å². The molecule has 0 heterocycles. The molecule has 0 fully saturated rings. The number of nitrogens with one attached hydrogen (secondary N) is 1. The van der Waals surface area contributed by atoms with E-state index in [1.165, 1.54) is 26.4 Å². The van der Waals surface area contributed by atoms with Gasteiger partial charge in [-0.3, -0.25) is 0 Å². The highest BCUT2D eigenvalue weighted by Gasteiger charge is 2.15. The van der Waals surface area contributed by atoms with E-state index in [0.29, 0.717) is 35.2 Å². The Morgan fingerprint density at radius 2 is 2.11 bits per heavy atom. The third-order valence-corrected chi connectivity index (χ3v) is 2.53. The summed E-state index contributed by atoms with van der Waals surface area (Å²) in [4.78, 5) is 11.4. The van der Waals surface area contributed by atoms with Crippen LogP contribution in [0.2, 0.25) is 5.02 Å². The summed E-state index contributed by atoms with van der Waals surface area (Å²) in [6.07, 6.45) is 0. The Hall–Kier alpha value is -1.46. The molecule has 0 spiro atoms. The average molecular weight is 274 g/mol. The maximum absolute atomic E-state index is 11.4. The Morgan fingerprint density at radius 1 is 1.39 bits per heavy atom. The van der Waals surface area contributed by atoms with Gasteiger partial charge in [-0.1, -0.05) is 11.6 Å². The molecule has 0 unspecified atom stereocenters. The average Bonchev–Trinajstić information content (AvgIpc) is 2.39. The highest BCUT2D eigenvalue weighted by molar-refractivity contribution is 6.32. The van der Waals surface area contributed by atoms with Crippen LogP contribution in [0.1, 0.15) is 10.4 Å². The summed E-state index contributed by atoms with van der Waals surface area (Å²) in [7, 11) is 4.61. The zero-order valence-electron chi connectivity index (χ0n) is 10.6. The molecule has 0 amide bonds. The molecule has 1 aromatic carbocycles. The minimum absolute atomic E-state index is 0.311. The fourth-order valence-electron chi connectivity index (χ4n) is 1.35. The third kappa shape index (κ3) is 3.51. The van der Waals surface area contributed by atoms with Gasteiger partial charge in [0, 0.05) is 6.54 Å². The summed E-state index contributed by atoms with van der Waals surface area (Å²) < 4.78 is 15.3. The van der Waals surface area contributed by atoms with Gasteiger partial charge in [0.1, 0.15) is 6.61 Å². The second kappa shape index (κ2) is 7.08. The van der Waals surface area contributed by atoms with E-state index in [4.69, 9.17) is 21.1 Å².